The summed E-state index contributed by atoms with van der Waals surface area (Å²) in [4.78, 5) is 10.2. The van der Waals surface area contributed by atoms with Crippen LogP contribution in [0.1, 0.15) is 17.8 Å². The molecule has 0 radical (unpaired) electrons. The normalized spacial score (nSPS) is 9.53. The van der Waals surface area contributed by atoms with Gasteiger partial charge in [0.25, 0.3) is 0 Å². The third-order valence-corrected chi connectivity index (χ3v) is 1.54. The predicted octanol–water partition coefficient (Wildman–Crippen LogP) is 2.06. The van der Waals surface area contributed by atoms with Crippen LogP contribution in [0.2, 0.25) is 0 Å². The van der Waals surface area contributed by atoms with Crippen LogP contribution in [-0.2, 0) is 0 Å². The van der Waals surface area contributed by atoms with Gasteiger partial charge in [-0.1, -0.05) is 17.3 Å². The summed E-state index contributed by atoms with van der Waals surface area (Å²) in [6.07, 6.45) is 7.47. The number of aromatic nitrogens is 2. The van der Waals surface area contributed by atoms with E-state index in [4.69, 9.17) is 10.8 Å². The zero-order valence-corrected chi connectivity index (χ0v) is 7.91. The predicted molar refractivity (Wildman–Crippen MR) is 54.4 cm³/mol. The Labute approximate surface area is 86.5 Å². The summed E-state index contributed by atoms with van der Waals surface area (Å²) in [5.74, 6) is 0.154. The van der Waals surface area contributed by atoms with Gasteiger partial charge in [0.05, 0.1) is 0 Å². The Bertz CT molecular complexity index is 421. The number of nitriles is 1. The Kier molecular flexibility index (Phi) is 4.37. The third-order valence-electron chi connectivity index (χ3n) is 1.54. The maximum atomic E-state index is 8.46. The van der Waals surface area contributed by atoms with Crippen molar-refractivity contribution in [1.82, 2.24) is 9.97 Å². The van der Waals surface area contributed by atoms with E-state index in [1.54, 1.807) is 12.4 Å². The van der Waals surface area contributed by atoms with Crippen LogP contribution >= 0.6 is 0 Å². The van der Waals surface area contributed by atoms with E-state index in [0.29, 0.717) is 13.0 Å². The highest BCUT2D eigenvalue weighted by Crippen LogP contribution is 1.99. The third kappa shape index (κ3) is 3.89. The first-order valence-electron chi connectivity index (χ1n) is 4.26. The molecule has 0 unspecified atom stereocenters. The monoisotopic (exact) mass is 200 g/mol. The Morgan fingerprint density at radius 1 is 1.53 bits per heavy atom. The lowest BCUT2D eigenvalue weighted by atomic mass is 10.3. The topological polar surface area (TPSA) is 98.3 Å². The van der Waals surface area contributed by atoms with Crippen LogP contribution < -0.4 is 0 Å². The van der Waals surface area contributed by atoms with Crippen molar-refractivity contribution in [2.45, 2.75) is 6.42 Å². The number of rotatable bonds is 4. The fourth-order valence-corrected chi connectivity index (χ4v) is 0.878. The summed E-state index contributed by atoms with van der Waals surface area (Å²) < 4.78 is 0. The first kappa shape index (κ1) is 10.7. The van der Waals surface area contributed by atoms with E-state index in [-0.39, 0.29) is 5.82 Å². The lowest BCUT2D eigenvalue weighted by molar-refractivity contribution is 0.995. The van der Waals surface area contributed by atoms with E-state index >= 15 is 0 Å². The molecule has 0 bridgehead atoms. The quantitative estimate of drug-likeness (QED) is 0.322. The van der Waals surface area contributed by atoms with Crippen molar-refractivity contribution in [2.75, 3.05) is 6.54 Å². The Morgan fingerprint density at radius 2 is 2.27 bits per heavy atom. The highest BCUT2D eigenvalue weighted by Gasteiger charge is 1.91. The second-order valence-corrected chi connectivity index (χ2v) is 2.60. The fraction of sp³-hybridized carbons (Fsp3) is 0.222. The van der Waals surface area contributed by atoms with Crippen LogP contribution in [0.5, 0.6) is 0 Å². The van der Waals surface area contributed by atoms with E-state index in [2.05, 4.69) is 20.0 Å². The molecule has 6 nitrogen and oxygen atoms in total. The van der Waals surface area contributed by atoms with Crippen molar-refractivity contribution in [3.05, 3.63) is 40.3 Å². The van der Waals surface area contributed by atoms with E-state index in [1.165, 1.54) is 0 Å². The standard InChI is InChI=1S/C9H8N6/c10-5-9-12-6-8(7-13-9)3-1-2-4-14-15-11/h1,3,6-7H,2,4H2. The van der Waals surface area contributed by atoms with Gasteiger partial charge in [0.2, 0.25) is 5.82 Å². The Morgan fingerprint density at radius 3 is 2.87 bits per heavy atom. The molecule has 1 aromatic rings. The van der Waals surface area contributed by atoms with Gasteiger partial charge in [-0.15, -0.1) is 0 Å². The molecule has 0 aliphatic heterocycles. The summed E-state index contributed by atoms with van der Waals surface area (Å²) in [5.41, 5.74) is 8.84. The maximum absolute atomic E-state index is 8.46. The summed E-state index contributed by atoms with van der Waals surface area (Å²) in [6.45, 7) is 0.435. The number of azide groups is 1. The van der Waals surface area contributed by atoms with Gasteiger partial charge >= 0.3 is 0 Å². The highest BCUT2D eigenvalue weighted by molar-refractivity contribution is 5.46. The lowest BCUT2D eigenvalue weighted by Crippen LogP contribution is -1.87. The molecule has 1 rings (SSSR count). The van der Waals surface area contributed by atoms with Gasteiger partial charge in [0.15, 0.2) is 0 Å². The van der Waals surface area contributed by atoms with E-state index in [9.17, 15) is 0 Å². The highest BCUT2D eigenvalue weighted by atomic mass is 15.1. The molecule has 0 amide bonds. The fourth-order valence-electron chi connectivity index (χ4n) is 0.878. The van der Waals surface area contributed by atoms with Crippen molar-refractivity contribution in [2.24, 2.45) is 5.11 Å². The minimum Gasteiger partial charge on any atom is -0.227 e. The molecule has 0 aromatic carbocycles. The van der Waals surface area contributed by atoms with Crippen molar-refractivity contribution >= 4 is 6.08 Å². The average Bonchev–Trinajstić information content (AvgIpc) is 2.30. The molecular formula is C9H8N6. The summed E-state index contributed by atoms with van der Waals surface area (Å²) >= 11 is 0. The SMILES string of the molecule is N#Cc1ncc(C=CCCN=[N+]=[N-])cn1. The lowest BCUT2D eigenvalue weighted by Gasteiger charge is -1.91. The number of hydrogen-bond donors (Lipinski definition) is 0. The Hall–Kier alpha value is -2.38. The molecule has 0 fully saturated rings. The van der Waals surface area contributed by atoms with Gasteiger partial charge in [-0.2, -0.15) is 5.26 Å². The molecule has 0 aliphatic rings. The molecule has 6 heteroatoms. The van der Waals surface area contributed by atoms with Crippen LogP contribution in [0.25, 0.3) is 16.5 Å². The summed E-state index contributed by atoms with van der Waals surface area (Å²) in [6, 6.07) is 1.84. The van der Waals surface area contributed by atoms with Crippen molar-refractivity contribution < 1.29 is 0 Å². The molecule has 15 heavy (non-hydrogen) atoms. The van der Waals surface area contributed by atoms with Gasteiger partial charge in [-0.3, -0.25) is 0 Å². The molecular weight excluding hydrogens is 192 g/mol. The molecule has 0 atom stereocenters. The first-order chi connectivity index (χ1) is 7.36. The molecule has 1 aromatic heterocycles. The molecule has 1 heterocycles. The molecule has 0 N–H and O–H groups in total. The van der Waals surface area contributed by atoms with Crippen molar-refractivity contribution in [3.8, 4) is 6.07 Å². The van der Waals surface area contributed by atoms with Gasteiger partial charge < -0.3 is 0 Å². The summed E-state index contributed by atoms with van der Waals surface area (Å²) in [7, 11) is 0. The van der Waals surface area contributed by atoms with Crippen LogP contribution in [0.4, 0.5) is 0 Å². The largest absolute Gasteiger partial charge is 0.232 e. The maximum Gasteiger partial charge on any atom is 0.232 e. The van der Waals surface area contributed by atoms with Gasteiger partial charge in [0, 0.05) is 29.4 Å². The van der Waals surface area contributed by atoms with E-state index < -0.39 is 0 Å². The molecule has 0 saturated carbocycles. The number of hydrogen-bond acceptors (Lipinski definition) is 4. The zero-order chi connectivity index (χ0) is 10.9. The van der Waals surface area contributed by atoms with Crippen LogP contribution in [-0.4, -0.2) is 16.5 Å². The first-order valence-corrected chi connectivity index (χ1v) is 4.26. The second-order valence-electron chi connectivity index (χ2n) is 2.60. The van der Waals surface area contributed by atoms with E-state index in [1.807, 2.05) is 18.2 Å². The minimum absolute atomic E-state index is 0.154. The van der Waals surface area contributed by atoms with Crippen LogP contribution in [0.3, 0.4) is 0 Å². The number of nitrogens with zero attached hydrogens (tertiary/aromatic N) is 6. The molecule has 0 aliphatic carbocycles. The smallest absolute Gasteiger partial charge is 0.227 e. The zero-order valence-electron chi connectivity index (χ0n) is 7.91. The van der Waals surface area contributed by atoms with Crippen LogP contribution in [0, 0.1) is 11.3 Å². The molecule has 74 valence electrons. The van der Waals surface area contributed by atoms with Crippen molar-refractivity contribution in [3.63, 3.8) is 0 Å². The Balaban J connectivity index is 2.50. The van der Waals surface area contributed by atoms with Gasteiger partial charge in [-0.05, 0) is 12.0 Å². The van der Waals surface area contributed by atoms with Crippen molar-refractivity contribution in [1.29, 1.82) is 5.26 Å². The summed E-state index contributed by atoms with van der Waals surface area (Å²) in [5, 5.41) is 11.8. The van der Waals surface area contributed by atoms with Gasteiger partial charge in [0.1, 0.15) is 6.07 Å². The van der Waals surface area contributed by atoms with Crippen LogP contribution in [0.15, 0.2) is 23.6 Å². The minimum atomic E-state index is 0.154. The average molecular weight is 200 g/mol. The van der Waals surface area contributed by atoms with E-state index in [0.717, 1.165) is 5.56 Å². The second kappa shape index (κ2) is 6.13. The molecule has 0 saturated heterocycles. The van der Waals surface area contributed by atoms with Gasteiger partial charge in [-0.25, -0.2) is 9.97 Å². The molecule has 0 spiro atoms.